The Morgan fingerprint density at radius 3 is 2.38 bits per heavy atom. The average Bonchev–Trinajstić information content (AvgIpc) is 2.55. The first-order valence-corrected chi connectivity index (χ1v) is 7.59. The molecular weight excluding hydrogens is 270 g/mol. The van der Waals surface area contributed by atoms with Crippen LogP contribution in [0.3, 0.4) is 0 Å². The Morgan fingerprint density at radius 2 is 1.86 bits per heavy atom. The van der Waals surface area contributed by atoms with E-state index >= 15 is 0 Å². The Kier molecular flexibility index (Phi) is 5.98. The summed E-state index contributed by atoms with van der Waals surface area (Å²) < 4.78 is 10.3. The second kappa shape index (κ2) is 7.97. The first-order chi connectivity index (χ1) is 10.3. The monoisotopic (exact) mass is 295 g/mol. The normalized spacial score (nSPS) is 18.3. The number of hydrogen-bond acceptors (Lipinski definition) is 7. The molecule has 0 bridgehead atoms. The van der Waals surface area contributed by atoms with E-state index in [0.717, 1.165) is 26.1 Å². The van der Waals surface area contributed by atoms with Crippen LogP contribution in [-0.4, -0.2) is 54.8 Å². The first kappa shape index (κ1) is 15.8. The number of methoxy groups -OCH3 is 2. The molecular formula is C14H25N5O2. The maximum atomic E-state index is 5.13. The highest BCUT2D eigenvalue weighted by atomic mass is 16.5. The van der Waals surface area contributed by atoms with Crippen LogP contribution in [0.25, 0.3) is 0 Å². The molecule has 2 heterocycles. The molecule has 1 aromatic heterocycles. The fourth-order valence-electron chi connectivity index (χ4n) is 2.54. The molecule has 118 valence electrons. The van der Waals surface area contributed by atoms with Crippen molar-refractivity contribution in [2.45, 2.75) is 38.6 Å². The molecule has 1 N–H and O–H groups in total. The second-order valence-electron chi connectivity index (χ2n) is 5.20. The highest BCUT2D eigenvalue weighted by Crippen LogP contribution is 2.18. The summed E-state index contributed by atoms with van der Waals surface area (Å²) in [7, 11) is 3.09. The highest BCUT2D eigenvalue weighted by Gasteiger charge is 2.20. The van der Waals surface area contributed by atoms with Crippen LogP contribution in [0.15, 0.2) is 0 Å². The van der Waals surface area contributed by atoms with Gasteiger partial charge in [0.05, 0.1) is 14.2 Å². The van der Waals surface area contributed by atoms with Gasteiger partial charge in [0.2, 0.25) is 5.95 Å². The number of ether oxygens (including phenoxy) is 2. The lowest BCUT2D eigenvalue weighted by Crippen LogP contribution is -2.44. The molecule has 1 unspecified atom stereocenters. The van der Waals surface area contributed by atoms with E-state index in [9.17, 15) is 0 Å². The minimum Gasteiger partial charge on any atom is -0.467 e. The predicted molar refractivity (Wildman–Crippen MR) is 81.1 cm³/mol. The predicted octanol–water partition coefficient (Wildman–Crippen LogP) is 1.25. The molecule has 0 aliphatic carbocycles. The Balaban J connectivity index is 2.15. The maximum Gasteiger partial charge on any atom is 0.324 e. The molecule has 0 aromatic carbocycles. The molecule has 0 radical (unpaired) electrons. The van der Waals surface area contributed by atoms with Crippen LogP contribution in [-0.2, 0) is 0 Å². The van der Waals surface area contributed by atoms with Gasteiger partial charge >= 0.3 is 12.0 Å². The Labute approximate surface area is 126 Å². The molecule has 1 saturated heterocycles. The summed E-state index contributed by atoms with van der Waals surface area (Å²) in [6.45, 7) is 5.03. The van der Waals surface area contributed by atoms with E-state index in [1.54, 1.807) is 14.2 Å². The third-order valence-corrected chi connectivity index (χ3v) is 3.58. The van der Waals surface area contributed by atoms with Crippen LogP contribution < -0.4 is 19.7 Å². The molecule has 1 aromatic rings. The molecule has 0 amide bonds. The Bertz CT molecular complexity index is 415. The third-order valence-electron chi connectivity index (χ3n) is 3.58. The Hall–Kier alpha value is -1.63. The van der Waals surface area contributed by atoms with Crippen LogP contribution in [0, 0.1) is 0 Å². The molecule has 2 rings (SSSR count). The largest absolute Gasteiger partial charge is 0.467 e. The van der Waals surface area contributed by atoms with E-state index in [2.05, 4.69) is 32.1 Å². The van der Waals surface area contributed by atoms with Crippen LogP contribution in [0.4, 0.5) is 5.95 Å². The SMILES string of the molecule is CCCN(CC1CCCCN1)c1nc(OC)nc(OC)n1. The van der Waals surface area contributed by atoms with Crippen molar-refractivity contribution in [2.24, 2.45) is 0 Å². The summed E-state index contributed by atoms with van der Waals surface area (Å²) in [5, 5.41) is 3.56. The summed E-state index contributed by atoms with van der Waals surface area (Å²) in [4.78, 5) is 14.9. The first-order valence-electron chi connectivity index (χ1n) is 7.59. The lowest BCUT2D eigenvalue weighted by atomic mass is 10.0. The standard InChI is InChI=1S/C14H25N5O2/c1-4-9-19(10-11-7-5-6-8-15-11)12-16-13(20-2)18-14(17-12)21-3/h11,15H,4-10H2,1-3H3. The number of nitrogens with zero attached hydrogens (tertiary/aromatic N) is 4. The van der Waals surface area contributed by atoms with Crippen molar-refractivity contribution in [1.82, 2.24) is 20.3 Å². The minimum atomic E-state index is 0.287. The van der Waals surface area contributed by atoms with Gasteiger partial charge in [0.15, 0.2) is 0 Å². The molecule has 1 aliphatic rings. The average molecular weight is 295 g/mol. The highest BCUT2D eigenvalue weighted by molar-refractivity contribution is 5.32. The van der Waals surface area contributed by atoms with Crippen LogP contribution in [0.1, 0.15) is 32.6 Å². The van der Waals surface area contributed by atoms with Gasteiger partial charge in [-0.25, -0.2) is 0 Å². The van der Waals surface area contributed by atoms with Gasteiger partial charge in [-0.15, -0.1) is 4.98 Å². The number of rotatable bonds is 7. The van der Waals surface area contributed by atoms with Crippen molar-refractivity contribution in [3.8, 4) is 12.0 Å². The van der Waals surface area contributed by atoms with Crippen molar-refractivity contribution in [1.29, 1.82) is 0 Å². The van der Waals surface area contributed by atoms with E-state index in [-0.39, 0.29) is 12.0 Å². The number of hydrogen-bond donors (Lipinski definition) is 1. The van der Waals surface area contributed by atoms with E-state index in [4.69, 9.17) is 9.47 Å². The molecule has 21 heavy (non-hydrogen) atoms. The van der Waals surface area contributed by atoms with Crippen molar-refractivity contribution < 1.29 is 9.47 Å². The zero-order valence-electron chi connectivity index (χ0n) is 13.1. The topological polar surface area (TPSA) is 72.4 Å². The van der Waals surface area contributed by atoms with Gasteiger partial charge in [0.25, 0.3) is 0 Å². The lowest BCUT2D eigenvalue weighted by molar-refractivity contribution is 0.338. The smallest absolute Gasteiger partial charge is 0.324 e. The van der Waals surface area contributed by atoms with Crippen LogP contribution in [0.5, 0.6) is 12.0 Å². The van der Waals surface area contributed by atoms with Gasteiger partial charge in [-0.3, -0.25) is 0 Å². The fraction of sp³-hybridized carbons (Fsp3) is 0.786. The molecule has 7 nitrogen and oxygen atoms in total. The number of anilines is 1. The van der Waals surface area contributed by atoms with Crippen molar-refractivity contribution in [2.75, 3.05) is 38.8 Å². The van der Waals surface area contributed by atoms with Gasteiger partial charge in [-0.1, -0.05) is 13.3 Å². The molecule has 0 saturated carbocycles. The molecule has 1 fully saturated rings. The summed E-state index contributed by atoms with van der Waals surface area (Å²) in [6.07, 6.45) is 4.77. The fourth-order valence-corrected chi connectivity index (χ4v) is 2.54. The van der Waals surface area contributed by atoms with E-state index < -0.39 is 0 Å². The quantitative estimate of drug-likeness (QED) is 0.811. The molecule has 1 atom stereocenters. The summed E-state index contributed by atoms with van der Waals surface area (Å²) >= 11 is 0. The van der Waals surface area contributed by atoms with E-state index in [0.29, 0.717) is 12.0 Å². The zero-order valence-corrected chi connectivity index (χ0v) is 13.1. The molecule has 7 heteroatoms. The third kappa shape index (κ3) is 4.42. The van der Waals surface area contributed by atoms with Crippen LogP contribution in [0.2, 0.25) is 0 Å². The zero-order chi connectivity index (χ0) is 15.1. The van der Waals surface area contributed by atoms with Crippen LogP contribution >= 0.6 is 0 Å². The summed E-state index contributed by atoms with van der Waals surface area (Å²) in [6, 6.07) is 1.06. The van der Waals surface area contributed by atoms with E-state index in [1.165, 1.54) is 19.3 Å². The minimum absolute atomic E-state index is 0.287. The van der Waals surface area contributed by atoms with Gasteiger partial charge in [0.1, 0.15) is 0 Å². The van der Waals surface area contributed by atoms with Gasteiger partial charge in [-0.05, 0) is 25.8 Å². The number of aromatic nitrogens is 3. The van der Waals surface area contributed by atoms with Crippen molar-refractivity contribution in [3.63, 3.8) is 0 Å². The number of nitrogens with one attached hydrogen (secondary N) is 1. The number of piperidine rings is 1. The van der Waals surface area contributed by atoms with Gasteiger partial charge in [-0.2, -0.15) is 9.97 Å². The van der Waals surface area contributed by atoms with Gasteiger partial charge in [0, 0.05) is 19.1 Å². The molecule has 0 spiro atoms. The van der Waals surface area contributed by atoms with Crippen molar-refractivity contribution in [3.05, 3.63) is 0 Å². The van der Waals surface area contributed by atoms with E-state index in [1.807, 2.05) is 0 Å². The maximum absolute atomic E-state index is 5.13. The second-order valence-corrected chi connectivity index (χ2v) is 5.20. The summed E-state index contributed by atoms with van der Waals surface area (Å²) in [5.41, 5.74) is 0. The van der Waals surface area contributed by atoms with Gasteiger partial charge < -0.3 is 19.7 Å². The molecule has 1 aliphatic heterocycles. The summed E-state index contributed by atoms with van der Waals surface area (Å²) in [5.74, 6) is 0.618. The lowest BCUT2D eigenvalue weighted by Gasteiger charge is -2.30. The van der Waals surface area contributed by atoms with Crippen molar-refractivity contribution >= 4 is 5.95 Å². The Morgan fingerprint density at radius 1 is 1.14 bits per heavy atom.